The number of alkyl halides is 2. The summed E-state index contributed by atoms with van der Waals surface area (Å²) >= 11 is 0. The summed E-state index contributed by atoms with van der Waals surface area (Å²) in [6.45, 7) is -0.740. The van der Waals surface area contributed by atoms with Gasteiger partial charge in [-0.2, -0.15) is 9.97 Å². The van der Waals surface area contributed by atoms with Crippen LogP contribution in [-0.2, 0) is 0 Å². The third-order valence-corrected chi connectivity index (χ3v) is 1.10. The minimum absolute atomic E-state index is 0.0506. The molecule has 0 unspecified atom stereocenters. The molecule has 4 N–H and O–H groups in total. The van der Waals surface area contributed by atoms with E-state index in [0.29, 0.717) is 0 Å². The van der Waals surface area contributed by atoms with Gasteiger partial charge in [-0.05, 0) is 0 Å². The van der Waals surface area contributed by atoms with Crippen molar-refractivity contribution in [3.05, 3.63) is 6.07 Å². The fourth-order valence-electron chi connectivity index (χ4n) is 0.684. The smallest absolute Gasteiger partial charge is 0.272 e. The molecule has 1 aromatic rings. The van der Waals surface area contributed by atoms with Crippen LogP contribution in [0.3, 0.4) is 0 Å². The van der Waals surface area contributed by atoms with Gasteiger partial charge in [-0.3, -0.25) is 0 Å². The molecule has 0 aromatic carbocycles. The number of nitrogens with two attached hydrogens (primary N) is 2. The van der Waals surface area contributed by atoms with E-state index >= 15 is 0 Å². The average Bonchev–Trinajstić information content (AvgIpc) is 1.99. The standard InChI is InChI=1S/C6H8F2N4O/c7-3(8)2-13-5-1-4(9)11-6(10)12-5/h1,3H,2H2,(H4,9,10,11,12). The zero-order valence-corrected chi connectivity index (χ0v) is 6.58. The first kappa shape index (κ1) is 9.43. The SMILES string of the molecule is Nc1cc(OCC(F)F)nc(N)n1. The van der Waals surface area contributed by atoms with Gasteiger partial charge in [-0.15, -0.1) is 0 Å². The van der Waals surface area contributed by atoms with Gasteiger partial charge in [0.15, 0.2) is 6.61 Å². The van der Waals surface area contributed by atoms with Crippen LogP contribution in [0.2, 0.25) is 0 Å². The zero-order chi connectivity index (χ0) is 9.84. The highest BCUT2D eigenvalue weighted by Crippen LogP contribution is 2.12. The largest absolute Gasteiger partial charge is 0.471 e. The molecule has 1 aromatic heterocycles. The number of halogens is 2. The summed E-state index contributed by atoms with van der Waals surface area (Å²) < 4.78 is 27.9. The molecular formula is C6H8F2N4O. The van der Waals surface area contributed by atoms with E-state index in [-0.39, 0.29) is 17.6 Å². The van der Waals surface area contributed by atoms with E-state index < -0.39 is 13.0 Å². The van der Waals surface area contributed by atoms with Gasteiger partial charge in [0.2, 0.25) is 11.8 Å². The Morgan fingerprint density at radius 2 is 2.08 bits per heavy atom. The van der Waals surface area contributed by atoms with E-state index in [0.717, 1.165) is 0 Å². The molecule has 72 valence electrons. The minimum Gasteiger partial charge on any atom is -0.471 e. The molecule has 1 rings (SSSR count). The first-order valence-corrected chi connectivity index (χ1v) is 3.39. The lowest BCUT2D eigenvalue weighted by Gasteiger charge is -2.04. The van der Waals surface area contributed by atoms with Crippen LogP contribution in [0.15, 0.2) is 6.07 Å². The summed E-state index contributed by atoms with van der Waals surface area (Å²) in [6.07, 6.45) is -2.56. The van der Waals surface area contributed by atoms with Crippen molar-refractivity contribution in [3.63, 3.8) is 0 Å². The lowest BCUT2D eigenvalue weighted by molar-refractivity contribution is 0.0796. The summed E-state index contributed by atoms with van der Waals surface area (Å²) in [7, 11) is 0. The van der Waals surface area contributed by atoms with E-state index in [1.54, 1.807) is 0 Å². The van der Waals surface area contributed by atoms with Gasteiger partial charge in [0.25, 0.3) is 6.43 Å². The maximum Gasteiger partial charge on any atom is 0.272 e. The quantitative estimate of drug-likeness (QED) is 0.715. The maximum atomic E-state index is 11.7. The fraction of sp³-hybridized carbons (Fsp3) is 0.333. The van der Waals surface area contributed by atoms with E-state index in [2.05, 4.69) is 14.7 Å². The molecule has 13 heavy (non-hydrogen) atoms. The molecule has 0 atom stereocenters. The Balaban J connectivity index is 2.66. The highest BCUT2D eigenvalue weighted by molar-refractivity contribution is 5.38. The van der Waals surface area contributed by atoms with Gasteiger partial charge >= 0.3 is 0 Å². The molecule has 0 aliphatic heterocycles. The summed E-state index contributed by atoms with van der Waals surface area (Å²) in [4.78, 5) is 7.08. The second-order valence-electron chi connectivity index (χ2n) is 2.19. The molecule has 0 spiro atoms. The number of ether oxygens (including phenoxy) is 1. The van der Waals surface area contributed by atoms with Crippen LogP contribution in [0.5, 0.6) is 5.88 Å². The lowest BCUT2D eigenvalue weighted by Crippen LogP contribution is -2.09. The van der Waals surface area contributed by atoms with Gasteiger partial charge in [0.1, 0.15) is 5.82 Å². The lowest BCUT2D eigenvalue weighted by atomic mass is 10.5. The van der Waals surface area contributed by atoms with E-state index in [1.807, 2.05) is 0 Å². The summed E-state index contributed by atoms with van der Waals surface area (Å²) in [6, 6.07) is 1.22. The van der Waals surface area contributed by atoms with E-state index in [4.69, 9.17) is 11.5 Å². The number of hydrogen-bond acceptors (Lipinski definition) is 5. The molecular weight excluding hydrogens is 182 g/mol. The molecule has 7 heteroatoms. The minimum atomic E-state index is -2.56. The number of rotatable bonds is 3. The maximum absolute atomic E-state index is 11.7. The fourth-order valence-corrected chi connectivity index (χ4v) is 0.684. The van der Waals surface area contributed by atoms with Crippen molar-refractivity contribution >= 4 is 11.8 Å². The van der Waals surface area contributed by atoms with Crippen molar-refractivity contribution in [3.8, 4) is 5.88 Å². The van der Waals surface area contributed by atoms with Crippen molar-refractivity contribution in [2.45, 2.75) is 6.43 Å². The normalized spacial score (nSPS) is 10.4. The second kappa shape index (κ2) is 3.83. The molecule has 0 fully saturated rings. The van der Waals surface area contributed by atoms with Crippen LogP contribution in [0.25, 0.3) is 0 Å². The Hall–Kier alpha value is -1.66. The molecule has 0 amide bonds. The monoisotopic (exact) mass is 190 g/mol. The topological polar surface area (TPSA) is 87.0 Å². The number of anilines is 2. The van der Waals surface area contributed by atoms with Crippen LogP contribution >= 0.6 is 0 Å². The number of nitrogens with zero attached hydrogens (tertiary/aromatic N) is 2. The van der Waals surface area contributed by atoms with Crippen LogP contribution in [-0.4, -0.2) is 23.0 Å². The third-order valence-electron chi connectivity index (χ3n) is 1.10. The Bertz CT molecular complexity index is 274. The summed E-state index contributed by atoms with van der Waals surface area (Å²) in [5, 5.41) is 0. The Morgan fingerprint density at radius 3 is 2.62 bits per heavy atom. The van der Waals surface area contributed by atoms with Gasteiger partial charge in [0, 0.05) is 6.07 Å². The Labute approximate surface area is 72.7 Å². The van der Waals surface area contributed by atoms with Gasteiger partial charge < -0.3 is 16.2 Å². The van der Waals surface area contributed by atoms with Crippen molar-refractivity contribution in [2.75, 3.05) is 18.1 Å². The molecule has 0 bridgehead atoms. The highest BCUT2D eigenvalue weighted by atomic mass is 19.3. The third kappa shape index (κ3) is 3.06. The first-order chi connectivity index (χ1) is 6.08. The van der Waals surface area contributed by atoms with Crippen molar-refractivity contribution in [1.82, 2.24) is 9.97 Å². The van der Waals surface area contributed by atoms with E-state index in [1.165, 1.54) is 6.07 Å². The molecule has 0 radical (unpaired) electrons. The number of hydrogen-bond donors (Lipinski definition) is 2. The van der Waals surface area contributed by atoms with Crippen LogP contribution < -0.4 is 16.2 Å². The predicted molar refractivity (Wildman–Crippen MR) is 42.4 cm³/mol. The molecule has 1 heterocycles. The number of nitrogen functional groups attached to an aromatic ring is 2. The molecule has 0 aliphatic carbocycles. The molecule has 0 aliphatic rings. The first-order valence-electron chi connectivity index (χ1n) is 3.39. The Kier molecular flexibility index (Phi) is 2.78. The summed E-state index contributed by atoms with van der Waals surface area (Å²) in [5.74, 6) is -0.0775. The zero-order valence-electron chi connectivity index (χ0n) is 6.58. The van der Waals surface area contributed by atoms with Gasteiger partial charge in [-0.25, -0.2) is 8.78 Å². The van der Waals surface area contributed by atoms with E-state index in [9.17, 15) is 8.78 Å². The van der Waals surface area contributed by atoms with Gasteiger partial charge in [-0.1, -0.05) is 0 Å². The van der Waals surface area contributed by atoms with Crippen LogP contribution in [0.4, 0.5) is 20.5 Å². The number of aromatic nitrogens is 2. The summed E-state index contributed by atoms with van der Waals surface area (Å²) in [5.41, 5.74) is 10.5. The second-order valence-corrected chi connectivity index (χ2v) is 2.19. The predicted octanol–water partition coefficient (Wildman–Crippen LogP) is 0.285. The Morgan fingerprint density at radius 1 is 1.38 bits per heavy atom. The van der Waals surface area contributed by atoms with Crippen molar-refractivity contribution in [1.29, 1.82) is 0 Å². The van der Waals surface area contributed by atoms with Crippen molar-refractivity contribution < 1.29 is 13.5 Å². The van der Waals surface area contributed by atoms with Crippen molar-refractivity contribution in [2.24, 2.45) is 0 Å². The molecule has 0 saturated heterocycles. The highest BCUT2D eigenvalue weighted by Gasteiger charge is 2.05. The molecule has 5 nitrogen and oxygen atoms in total. The van der Waals surface area contributed by atoms with Gasteiger partial charge in [0.05, 0.1) is 0 Å². The van der Waals surface area contributed by atoms with Crippen LogP contribution in [0.1, 0.15) is 0 Å². The average molecular weight is 190 g/mol. The molecule has 0 saturated carbocycles. The van der Waals surface area contributed by atoms with Crippen LogP contribution in [0, 0.1) is 0 Å².